The van der Waals surface area contributed by atoms with Crippen LogP contribution in [-0.4, -0.2) is 76.5 Å². The number of rotatable bonds is 8. The number of nitrogens with one attached hydrogen (secondary N) is 3. The summed E-state index contributed by atoms with van der Waals surface area (Å²) in [7, 11) is 0. The van der Waals surface area contributed by atoms with E-state index in [4.69, 9.17) is 4.74 Å². The predicted octanol–water partition coefficient (Wildman–Crippen LogP) is 0.709. The van der Waals surface area contributed by atoms with Crippen LogP contribution < -0.4 is 10.6 Å². The number of hydrogen-bond acceptors (Lipinski definition) is 6. The number of amides is 3. The number of carbonyl (C=O) groups is 3. The number of fused-ring (bicyclic) bond motifs is 1. The molecule has 2 aromatic rings. The smallest absolute Gasteiger partial charge is 0.255 e. The molecule has 10 heteroatoms. The predicted molar refractivity (Wildman–Crippen MR) is 115 cm³/mol. The highest BCUT2D eigenvalue weighted by molar-refractivity contribution is 6.06. The minimum atomic E-state index is -0.620. The molecule has 2 aliphatic carbocycles. The highest BCUT2D eigenvalue weighted by Gasteiger charge is 2.38. The van der Waals surface area contributed by atoms with Crippen LogP contribution in [-0.2, 0) is 14.3 Å². The Morgan fingerprint density at radius 2 is 1.97 bits per heavy atom. The van der Waals surface area contributed by atoms with Crippen LogP contribution in [0.2, 0.25) is 0 Å². The molecule has 0 aromatic carbocycles. The van der Waals surface area contributed by atoms with Gasteiger partial charge in [0, 0.05) is 38.2 Å². The van der Waals surface area contributed by atoms with Crippen molar-refractivity contribution in [2.24, 2.45) is 5.92 Å². The first-order chi connectivity index (χ1) is 15.6. The highest BCUT2D eigenvalue weighted by atomic mass is 16.5. The molecule has 10 nitrogen and oxygen atoms in total. The summed E-state index contributed by atoms with van der Waals surface area (Å²) in [5, 5.41) is 5.71. The first-order valence-corrected chi connectivity index (χ1v) is 11.4. The summed E-state index contributed by atoms with van der Waals surface area (Å²) in [4.78, 5) is 51.8. The molecule has 1 aliphatic heterocycles. The molecule has 32 heavy (non-hydrogen) atoms. The fourth-order valence-corrected chi connectivity index (χ4v) is 4.07. The summed E-state index contributed by atoms with van der Waals surface area (Å²) in [5.41, 5.74) is 2.41. The zero-order valence-corrected chi connectivity index (χ0v) is 17.9. The lowest BCUT2D eigenvalue weighted by molar-refractivity contribution is -0.135. The van der Waals surface area contributed by atoms with Crippen LogP contribution in [0.3, 0.4) is 0 Å². The van der Waals surface area contributed by atoms with Gasteiger partial charge in [0.1, 0.15) is 11.6 Å². The number of ether oxygens (including phenoxy) is 1. The Hall–Kier alpha value is -3.01. The minimum absolute atomic E-state index is 0.00411. The third-order valence-corrected chi connectivity index (χ3v) is 6.30. The Morgan fingerprint density at radius 3 is 2.69 bits per heavy atom. The Labute approximate surface area is 185 Å². The van der Waals surface area contributed by atoms with Crippen molar-refractivity contribution in [2.75, 3.05) is 32.8 Å². The standard InChI is InChI=1S/C22H28N6O4/c29-17(28-7-9-32-10-8-28)5-6-23-22(31)18(14-3-4-14)27-21(30)15-11-24-20-19(15)26-16(12-25-20)13-1-2-13/h11-14,18H,1-10H2,(H,23,31)(H,24,25)(H,27,30)/t18-/m1/s1. The number of aromatic nitrogens is 3. The molecule has 3 N–H and O–H groups in total. The molecule has 0 bridgehead atoms. The minimum Gasteiger partial charge on any atom is -0.378 e. The lowest BCUT2D eigenvalue weighted by Gasteiger charge is -2.27. The largest absolute Gasteiger partial charge is 0.378 e. The van der Waals surface area contributed by atoms with Crippen molar-refractivity contribution in [1.29, 1.82) is 0 Å². The lowest BCUT2D eigenvalue weighted by atomic mass is 10.1. The molecule has 5 rings (SSSR count). The van der Waals surface area contributed by atoms with E-state index in [9.17, 15) is 14.4 Å². The van der Waals surface area contributed by atoms with Crippen LogP contribution >= 0.6 is 0 Å². The summed E-state index contributed by atoms with van der Waals surface area (Å²) in [6.45, 7) is 2.52. The van der Waals surface area contributed by atoms with E-state index in [1.54, 1.807) is 17.3 Å². The van der Waals surface area contributed by atoms with Gasteiger partial charge in [0.05, 0.1) is 30.7 Å². The van der Waals surface area contributed by atoms with Gasteiger partial charge in [0.25, 0.3) is 5.91 Å². The van der Waals surface area contributed by atoms with Crippen molar-refractivity contribution >= 4 is 28.9 Å². The summed E-state index contributed by atoms with van der Waals surface area (Å²) in [5.74, 6) is -0.0327. The molecule has 3 aliphatic rings. The summed E-state index contributed by atoms with van der Waals surface area (Å²) in [6.07, 6.45) is 7.58. The first kappa shape index (κ1) is 20.9. The Kier molecular flexibility index (Phi) is 5.77. The fraction of sp³-hybridized carbons (Fsp3) is 0.591. The van der Waals surface area contributed by atoms with Crippen LogP contribution in [0.15, 0.2) is 12.4 Å². The van der Waals surface area contributed by atoms with Crippen molar-refractivity contribution < 1.29 is 19.1 Å². The zero-order valence-electron chi connectivity index (χ0n) is 17.9. The summed E-state index contributed by atoms with van der Waals surface area (Å²) in [6, 6.07) is -0.620. The maximum atomic E-state index is 13.0. The number of hydrogen-bond donors (Lipinski definition) is 3. The topological polar surface area (TPSA) is 129 Å². The van der Waals surface area contributed by atoms with Gasteiger partial charge in [-0.2, -0.15) is 0 Å². The van der Waals surface area contributed by atoms with E-state index in [1.165, 1.54) is 0 Å². The van der Waals surface area contributed by atoms with Crippen molar-refractivity contribution in [3.63, 3.8) is 0 Å². The SMILES string of the molecule is O=C(N[C@@H](C(=O)NCCC(=O)N1CCOCC1)C1CC1)c1c[nH]c2ncc(C3CC3)nc12. The second-order valence-corrected chi connectivity index (χ2v) is 8.79. The van der Waals surface area contributed by atoms with E-state index >= 15 is 0 Å². The Bertz CT molecular complexity index is 1020. The van der Waals surface area contributed by atoms with Gasteiger partial charge < -0.3 is 25.3 Å². The summed E-state index contributed by atoms with van der Waals surface area (Å²) < 4.78 is 5.26. The normalized spacial score (nSPS) is 19.6. The second kappa shape index (κ2) is 8.85. The van der Waals surface area contributed by atoms with Crippen LogP contribution in [0.5, 0.6) is 0 Å². The zero-order chi connectivity index (χ0) is 22.1. The van der Waals surface area contributed by atoms with Gasteiger partial charge in [0.2, 0.25) is 11.8 Å². The van der Waals surface area contributed by atoms with Crippen molar-refractivity contribution in [3.05, 3.63) is 23.7 Å². The van der Waals surface area contributed by atoms with Crippen molar-refractivity contribution in [1.82, 2.24) is 30.5 Å². The van der Waals surface area contributed by atoms with E-state index in [0.717, 1.165) is 31.4 Å². The average molecular weight is 441 g/mol. The Balaban J connectivity index is 1.19. The molecule has 3 fully saturated rings. The van der Waals surface area contributed by atoms with Gasteiger partial charge in [-0.25, -0.2) is 9.97 Å². The number of nitrogens with zero attached hydrogens (tertiary/aromatic N) is 3. The fourth-order valence-electron chi connectivity index (χ4n) is 4.07. The third kappa shape index (κ3) is 4.59. The van der Waals surface area contributed by atoms with Gasteiger partial charge in [-0.3, -0.25) is 14.4 Å². The first-order valence-electron chi connectivity index (χ1n) is 11.4. The second-order valence-electron chi connectivity index (χ2n) is 8.79. The molecule has 1 atom stereocenters. The molecule has 2 saturated carbocycles. The molecule has 3 amide bonds. The lowest BCUT2D eigenvalue weighted by Crippen LogP contribution is -2.49. The van der Waals surface area contributed by atoms with Crippen molar-refractivity contribution in [2.45, 2.75) is 44.1 Å². The van der Waals surface area contributed by atoms with E-state index < -0.39 is 6.04 Å². The Morgan fingerprint density at radius 1 is 1.19 bits per heavy atom. The van der Waals surface area contributed by atoms with Gasteiger partial charge in [-0.1, -0.05) is 0 Å². The molecule has 3 heterocycles. The quantitative estimate of drug-likeness (QED) is 0.554. The molecule has 1 saturated heterocycles. The number of carbonyl (C=O) groups excluding carboxylic acids is 3. The molecule has 0 spiro atoms. The van der Waals surface area contributed by atoms with E-state index in [1.807, 2.05) is 0 Å². The van der Waals surface area contributed by atoms with Crippen LogP contribution in [0.25, 0.3) is 11.2 Å². The van der Waals surface area contributed by atoms with E-state index in [2.05, 4.69) is 25.6 Å². The maximum Gasteiger partial charge on any atom is 0.255 e. The monoisotopic (exact) mass is 440 g/mol. The molecule has 2 aromatic heterocycles. The van der Waals surface area contributed by atoms with Gasteiger partial charge in [-0.15, -0.1) is 0 Å². The number of H-pyrrole nitrogens is 1. The van der Waals surface area contributed by atoms with E-state index in [-0.39, 0.29) is 36.6 Å². The average Bonchev–Trinajstić information content (AvgIpc) is 3.74. The molecular weight excluding hydrogens is 412 g/mol. The number of morpholine rings is 1. The third-order valence-electron chi connectivity index (χ3n) is 6.30. The number of aromatic amines is 1. The maximum absolute atomic E-state index is 13.0. The van der Waals surface area contributed by atoms with Gasteiger partial charge >= 0.3 is 0 Å². The van der Waals surface area contributed by atoms with Crippen LogP contribution in [0, 0.1) is 5.92 Å². The molecular formula is C22H28N6O4. The van der Waals surface area contributed by atoms with Crippen LogP contribution in [0.1, 0.15) is 54.1 Å². The van der Waals surface area contributed by atoms with Crippen molar-refractivity contribution in [3.8, 4) is 0 Å². The summed E-state index contributed by atoms with van der Waals surface area (Å²) >= 11 is 0. The molecule has 0 radical (unpaired) electrons. The highest BCUT2D eigenvalue weighted by Crippen LogP contribution is 2.39. The van der Waals surface area contributed by atoms with Gasteiger partial charge in [-0.05, 0) is 31.6 Å². The van der Waals surface area contributed by atoms with Crippen LogP contribution in [0.4, 0.5) is 0 Å². The van der Waals surface area contributed by atoms with Gasteiger partial charge in [0.15, 0.2) is 5.65 Å². The molecule has 0 unspecified atom stereocenters. The van der Waals surface area contributed by atoms with E-state index in [0.29, 0.717) is 48.9 Å². The molecule has 170 valence electrons.